The number of nitrogens with zero attached hydrogens (tertiary/aromatic N) is 8. The molecule has 1 fully saturated rings. The Bertz CT molecular complexity index is 1220. The highest BCUT2D eigenvalue weighted by Gasteiger charge is 2.29. The summed E-state index contributed by atoms with van der Waals surface area (Å²) in [5.41, 5.74) is 8.42. The van der Waals surface area contributed by atoms with Crippen LogP contribution in [0.5, 0.6) is 0 Å². The van der Waals surface area contributed by atoms with E-state index in [2.05, 4.69) is 25.1 Å². The van der Waals surface area contributed by atoms with E-state index in [1.165, 1.54) is 6.26 Å². The van der Waals surface area contributed by atoms with E-state index < -0.39 is 5.60 Å². The Labute approximate surface area is 178 Å². The Hall–Kier alpha value is -3.47. The molecule has 1 aliphatic rings. The van der Waals surface area contributed by atoms with Gasteiger partial charge in [-0.2, -0.15) is 9.61 Å². The standard InChI is InChI=1S/C20H25N9O2/c1-12-15(18-22-5-7-31-18)24-19(21)29-17(12)25-16(26-29)13-4-6-27(9-13)14-8-23-28(10-14)11-20(2,3)30/h5,7-8,10,13,30H,4,6,9,11H2,1-3H3,(H2,21,24)/t13-/m0/s1. The maximum Gasteiger partial charge on any atom is 0.245 e. The third-order valence-electron chi connectivity index (χ3n) is 5.48. The predicted octanol–water partition coefficient (Wildman–Crippen LogP) is 1.63. The van der Waals surface area contributed by atoms with Crippen molar-refractivity contribution in [3.05, 3.63) is 36.2 Å². The molecule has 31 heavy (non-hydrogen) atoms. The molecular weight excluding hydrogens is 398 g/mol. The molecule has 0 unspecified atom stereocenters. The summed E-state index contributed by atoms with van der Waals surface area (Å²) in [5.74, 6) is 1.57. The SMILES string of the molecule is Cc1c(-c2ncco2)nc(N)n2nc([C@H]3CCN(c4cnn(CC(C)(C)O)c4)C3)nc12. The number of nitrogen functional groups attached to an aromatic ring is 1. The van der Waals surface area contributed by atoms with Crippen LogP contribution in [0.4, 0.5) is 11.6 Å². The smallest absolute Gasteiger partial charge is 0.245 e. The molecule has 0 spiro atoms. The number of aromatic nitrogens is 7. The van der Waals surface area contributed by atoms with Crippen LogP contribution in [0.3, 0.4) is 0 Å². The fourth-order valence-corrected chi connectivity index (χ4v) is 4.01. The number of rotatable bonds is 5. The minimum atomic E-state index is -0.812. The lowest BCUT2D eigenvalue weighted by molar-refractivity contribution is 0.0577. The summed E-state index contributed by atoms with van der Waals surface area (Å²) in [7, 11) is 0. The lowest BCUT2D eigenvalue weighted by atomic mass is 10.1. The van der Waals surface area contributed by atoms with Crippen molar-refractivity contribution in [3.63, 3.8) is 0 Å². The summed E-state index contributed by atoms with van der Waals surface area (Å²) in [5, 5.41) is 19.0. The average molecular weight is 423 g/mol. The third kappa shape index (κ3) is 3.61. The van der Waals surface area contributed by atoms with Gasteiger partial charge in [-0.15, -0.1) is 5.10 Å². The van der Waals surface area contributed by atoms with Crippen molar-refractivity contribution in [3.8, 4) is 11.6 Å². The molecule has 5 rings (SSSR count). The average Bonchev–Trinajstić information content (AvgIpc) is 3.49. The Morgan fingerprint density at radius 1 is 1.32 bits per heavy atom. The first-order chi connectivity index (χ1) is 14.8. The van der Waals surface area contributed by atoms with Crippen LogP contribution >= 0.6 is 0 Å². The number of aryl methyl sites for hydroxylation is 1. The molecule has 1 atom stereocenters. The number of anilines is 2. The van der Waals surface area contributed by atoms with E-state index in [9.17, 15) is 5.11 Å². The van der Waals surface area contributed by atoms with Gasteiger partial charge >= 0.3 is 0 Å². The molecule has 0 aliphatic carbocycles. The summed E-state index contributed by atoms with van der Waals surface area (Å²) in [6.07, 6.45) is 7.80. The number of aliphatic hydroxyl groups is 1. The summed E-state index contributed by atoms with van der Waals surface area (Å²) in [6, 6.07) is 0. The summed E-state index contributed by atoms with van der Waals surface area (Å²) in [6.45, 7) is 7.55. The van der Waals surface area contributed by atoms with Gasteiger partial charge in [0.15, 0.2) is 11.5 Å². The number of nitrogens with two attached hydrogens (primary N) is 1. The van der Waals surface area contributed by atoms with Crippen LogP contribution in [0.2, 0.25) is 0 Å². The lowest BCUT2D eigenvalue weighted by Crippen LogP contribution is -2.26. The second kappa shape index (κ2) is 7.05. The molecule has 5 heterocycles. The van der Waals surface area contributed by atoms with Crippen molar-refractivity contribution in [2.45, 2.75) is 45.3 Å². The molecule has 0 bridgehead atoms. The molecule has 0 radical (unpaired) electrons. The lowest BCUT2D eigenvalue weighted by Gasteiger charge is -2.17. The fraction of sp³-hybridized carbons (Fsp3) is 0.450. The Balaban J connectivity index is 1.40. The Morgan fingerprint density at radius 2 is 2.16 bits per heavy atom. The van der Waals surface area contributed by atoms with Gasteiger partial charge in [-0.3, -0.25) is 4.68 Å². The minimum Gasteiger partial charge on any atom is -0.443 e. The topological polar surface area (TPSA) is 136 Å². The highest BCUT2D eigenvalue weighted by Crippen LogP contribution is 2.31. The first kappa shape index (κ1) is 19.5. The van der Waals surface area contributed by atoms with Crippen molar-refractivity contribution in [2.75, 3.05) is 23.7 Å². The van der Waals surface area contributed by atoms with Gasteiger partial charge in [-0.05, 0) is 27.2 Å². The van der Waals surface area contributed by atoms with E-state index in [1.54, 1.807) is 29.2 Å². The summed E-state index contributed by atoms with van der Waals surface area (Å²) in [4.78, 5) is 15.6. The molecular formula is C20H25N9O2. The van der Waals surface area contributed by atoms with Gasteiger partial charge in [-0.25, -0.2) is 15.0 Å². The Kier molecular flexibility index (Phi) is 4.43. The number of oxazole rings is 1. The van der Waals surface area contributed by atoms with Crippen molar-refractivity contribution in [2.24, 2.45) is 0 Å². The maximum absolute atomic E-state index is 10.0. The summed E-state index contributed by atoms with van der Waals surface area (Å²) < 4.78 is 8.74. The molecule has 4 aromatic heterocycles. The number of hydrogen-bond donors (Lipinski definition) is 2. The van der Waals surface area contributed by atoms with Gasteiger partial charge in [0.25, 0.3) is 0 Å². The molecule has 1 saturated heterocycles. The predicted molar refractivity (Wildman–Crippen MR) is 114 cm³/mol. The van der Waals surface area contributed by atoms with Crippen LogP contribution in [0.25, 0.3) is 17.2 Å². The number of hydrogen-bond acceptors (Lipinski definition) is 9. The van der Waals surface area contributed by atoms with Crippen LogP contribution in [0, 0.1) is 6.92 Å². The Morgan fingerprint density at radius 3 is 2.90 bits per heavy atom. The van der Waals surface area contributed by atoms with Crippen LogP contribution in [-0.2, 0) is 6.54 Å². The summed E-state index contributed by atoms with van der Waals surface area (Å²) >= 11 is 0. The normalized spacial score (nSPS) is 17.2. The maximum atomic E-state index is 10.0. The van der Waals surface area contributed by atoms with Gasteiger partial charge in [0.05, 0.1) is 30.2 Å². The first-order valence-corrected chi connectivity index (χ1v) is 10.2. The van der Waals surface area contributed by atoms with E-state index in [0.29, 0.717) is 23.8 Å². The molecule has 0 aromatic carbocycles. The van der Waals surface area contributed by atoms with Gasteiger partial charge < -0.3 is 20.2 Å². The molecule has 11 nitrogen and oxygen atoms in total. The third-order valence-corrected chi connectivity index (χ3v) is 5.48. The highest BCUT2D eigenvalue weighted by atomic mass is 16.3. The fourth-order valence-electron chi connectivity index (χ4n) is 4.01. The molecule has 3 N–H and O–H groups in total. The van der Waals surface area contributed by atoms with Crippen LogP contribution in [0.1, 0.15) is 37.6 Å². The van der Waals surface area contributed by atoms with E-state index in [0.717, 1.165) is 36.6 Å². The zero-order valence-electron chi connectivity index (χ0n) is 17.7. The van der Waals surface area contributed by atoms with Crippen LogP contribution in [-0.4, -0.2) is 58.1 Å². The molecule has 11 heteroatoms. The van der Waals surface area contributed by atoms with E-state index >= 15 is 0 Å². The molecule has 1 aliphatic heterocycles. The zero-order chi connectivity index (χ0) is 21.8. The molecule has 162 valence electrons. The minimum absolute atomic E-state index is 0.168. The van der Waals surface area contributed by atoms with Gasteiger partial charge in [0.2, 0.25) is 11.8 Å². The van der Waals surface area contributed by atoms with E-state index in [1.807, 2.05) is 19.3 Å². The quantitative estimate of drug-likeness (QED) is 0.491. The second-order valence-corrected chi connectivity index (χ2v) is 8.63. The largest absolute Gasteiger partial charge is 0.443 e. The molecule has 4 aromatic rings. The van der Waals surface area contributed by atoms with E-state index in [-0.39, 0.29) is 11.9 Å². The van der Waals surface area contributed by atoms with Gasteiger partial charge in [0, 0.05) is 30.8 Å². The number of fused-ring (bicyclic) bond motifs is 1. The molecule has 0 saturated carbocycles. The van der Waals surface area contributed by atoms with Crippen molar-refractivity contribution < 1.29 is 9.52 Å². The van der Waals surface area contributed by atoms with E-state index in [4.69, 9.17) is 15.1 Å². The molecule has 0 amide bonds. The van der Waals surface area contributed by atoms with Crippen LogP contribution < -0.4 is 10.6 Å². The van der Waals surface area contributed by atoms with Crippen LogP contribution in [0.15, 0.2) is 29.3 Å². The van der Waals surface area contributed by atoms with Crippen molar-refractivity contribution >= 4 is 17.3 Å². The first-order valence-electron chi connectivity index (χ1n) is 10.2. The second-order valence-electron chi connectivity index (χ2n) is 8.63. The zero-order valence-corrected chi connectivity index (χ0v) is 17.7. The van der Waals surface area contributed by atoms with Gasteiger partial charge in [-0.1, -0.05) is 0 Å². The highest BCUT2D eigenvalue weighted by molar-refractivity contribution is 5.65. The van der Waals surface area contributed by atoms with Crippen molar-refractivity contribution in [1.82, 2.24) is 34.3 Å². The van der Waals surface area contributed by atoms with Gasteiger partial charge in [0.1, 0.15) is 12.0 Å². The monoisotopic (exact) mass is 423 g/mol. The van der Waals surface area contributed by atoms with Crippen molar-refractivity contribution in [1.29, 1.82) is 0 Å².